The maximum absolute atomic E-state index is 12.6. The van der Waals surface area contributed by atoms with Crippen LogP contribution in [0, 0.1) is 11.3 Å². The number of hydrogen-bond acceptors (Lipinski definition) is 0. The predicted octanol–water partition coefficient (Wildman–Crippen LogP) is 3.46. The van der Waals surface area contributed by atoms with Crippen LogP contribution in [0.4, 0.5) is 4.39 Å². The predicted molar refractivity (Wildman–Crippen MR) is 45.9 cm³/mol. The smallest absolute Gasteiger partial charge is 0.118 e. The molecule has 0 spiro atoms. The fourth-order valence-electron chi connectivity index (χ4n) is 1.15. The Morgan fingerprint density at radius 3 is 2.55 bits per heavy atom. The van der Waals surface area contributed by atoms with Crippen molar-refractivity contribution in [3.05, 3.63) is 24.1 Å². The number of hydrogen-bond donors (Lipinski definition) is 0. The van der Waals surface area contributed by atoms with E-state index in [1.54, 1.807) is 12.2 Å². The largest absolute Gasteiger partial charge is 0.207 e. The average molecular weight is 154 g/mol. The molecule has 0 N–H and O–H groups in total. The Bertz CT molecular complexity index is 201. The quantitative estimate of drug-likeness (QED) is 0.542. The second-order valence-electron chi connectivity index (χ2n) is 3.79. The van der Waals surface area contributed by atoms with Gasteiger partial charge in [-0.15, -0.1) is 0 Å². The Morgan fingerprint density at radius 1 is 1.55 bits per heavy atom. The molecule has 0 aromatic carbocycles. The number of halogens is 1. The second-order valence-corrected chi connectivity index (χ2v) is 3.79. The van der Waals surface area contributed by atoms with Crippen LogP contribution in [0.25, 0.3) is 0 Å². The van der Waals surface area contributed by atoms with Crippen LogP contribution in [-0.4, -0.2) is 0 Å². The van der Waals surface area contributed by atoms with Crippen molar-refractivity contribution >= 4 is 0 Å². The molecule has 0 nitrogen and oxygen atoms in total. The van der Waals surface area contributed by atoms with E-state index in [2.05, 4.69) is 20.8 Å². The molecule has 1 unspecified atom stereocenters. The zero-order valence-electron chi connectivity index (χ0n) is 7.39. The summed E-state index contributed by atoms with van der Waals surface area (Å²) in [5.41, 5.74) is 0.162. The molecule has 0 bridgehead atoms. The fraction of sp³-hybridized carbons (Fsp3) is 0.600. The molecule has 0 aromatic rings. The Balaban J connectivity index is 2.74. The lowest BCUT2D eigenvalue weighted by Crippen LogP contribution is -2.21. The highest BCUT2D eigenvalue weighted by Crippen LogP contribution is 2.36. The van der Waals surface area contributed by atoms with E-state index in [9.17, 15) is 4.39 Å². The molecule has 0 heterocycles. The molecule has 0 saturated carbocycles. The van der Waals surface area contributed by atoms with Crippen molar-refractivity contribution < 1.29 is 4.39 Å². The van der Waals surface area contributed by atoms with E-state index in [-0.39, 0.29) is 11.2 Å². The van der Waals surface area contributed by atoms with E-state index in [0.717, 1.165) is 6.42 Å². The van der Waals surface area contributed by atoms with Gasteiger partial charge in [-0.1, -0.05) is 26.8 Å². The summed E-state index contributed by atoms with van der Waals surface area (Å²) >= 11 is 0. The topological polar surface area (TPSA) is 0 Å². The van der Waals surface area contributed by atoms with Crippen LogP contribution in [0.15, 0.2) is 24.1 Å². The number of allylic oxidation sites excluding steroid dienone is 4. The van der Waals surface area contributed by atoms with Gasteiger partial charge in [-0.2, -0.15) is 0 Å². The van der Waals surface area contributed by atoms with E-state index in [0.29, 0.717) is 5.92 Å². The molecule has 0 amide bonds. The summed E-state index contributed by atoms with van der Waals surface area (Å²) in [6, 6.07) is 0. The van der Waals surface area contributed by atoms with E-state index < -0.39 is 0 Å². The van der Waals surface area contributed by atoms with Gasteiger partial charge in [0.05, 0.1) is 0 Å². The van der Waals surface area contributed by atoms with Gasteiger partial charge in [-0.05, 0) is 29.9 Å². The molecule has 1 aliphatic rings. The SMILES string of the molecule is CC(C)C1(C)C=CC(F)=CC1. The van der Waals surface area contributed by atoms with Crippen LogP contribution in [0.2, 0.25) is 0 Å². The molecule has 11 heavy (non-hydrogen) atoms. The van der Waals surface area contributed by atoms with Gasteiger partial charge in [-0.3, -0.25) is 0 Å². The van der Waals surface area contributed by atoms with Gasteiger partial charge in [0.1, 0.15) is 5.83 Å². The molecular weight excluding hydrogens is 139 g/mol. The Hall–Kier alpha value is -0.590. The van der Waals surface area contributed by atoms with Gasteiger partial charge < -0.3 is 0 Å². The Labute approximate surface area is 67.8 Å². The highest BCUT2D eigenvalue weighted by Gasteiger charge is 2.26. The molecule has 0 radical (unpaired) electrons. The van der Waals surface area contributed by atoms with Crippen molar-refractivity contribution in [2.24, 2.45) is 11.3 Å². The molecule has 1 aliphatic carbocycles. The third-order valence-corrected chi connectivity index (χ3v) is 2.68. The van der Waals surface area contributed by atoms with E-state index >= 15 is 0 Å². The third-order valence-electron chi connectivity index (χ3n) is 2.68. The molecule has 0 fully saturated rings. The lowest BCUT2D eigenvalue weighted by atomic mass is 9.74. The summed E-state index contributed by atoms with van der Waals surface area (Å²) in [5.74, 6) is 0.478. The van der Waals surface area contributed by atoms with Crippen molar-refractivity contribution in [1.29, 1.82) is 0 Å². The van der Waals surface area contributed by atoms with E-state index in [4.69, 9.17) is 0 Å². The summed E-state index contributed by atoms with van der Waals surface area (Å²) in [6.07, 6.45) is 6.05. The van der Waals surface area contributed by atoms with Crippen molar-refractivity contribution in [3.63, 3.8) is 0 Å². The first-order valence-corrected chi connectivity index (χ1v) is 4.09. The maximum atomic E-state index is 12.6. The summed E-state index contributed by atoms with van der Waals surface area (Å²) in [4.78, 5) is 0. The van der Waals surface area contributed by atoms with Crippen molar-refractivity contribution in [2.75, 3.05) is 0 Å². The molecule has 0 aliphatic heterocycles. The fourth-order valence-corrected chi connectivity index (χ4v) is 1.15. The average Bonchev–Trinajstić information content (AvgIpc) is 1.95. The zero-order chi connectivity index (χ0) is 8.48. The highest BCUT2D eigenvalue weighted by molar-refractivity contribution is 5.21. The summed E-state index contributed by atoms with van der Waals surface area (Å²) in [5, 5.41) is 0. The third kappa shape index (κ3) is 1.70. The Morgan fingerprint density at radius 2 is 2.18 bits per heavy atom. The van der Waals surface area contributed by atoms with Crippen LogP contribution in [0.1, 0.15) is 27.2 Å². The van der Waals surface area contributed by atoms with Gasteiger partial charge in [0.25, 0.3) is 0 Å². The molecule has 1 rings (SSSR count). The monoisotopic (exact) mass is 154 g/mol. The van der Waals surface area contributed by atoms with Crippen molar-refractivity contribution in [3.8, 4) is 0 Å². The van der Waals surface area contributed by atoms with Gasteiger partial charge in [-0.25, -0.2) is 4.39 Å². The van der Waals surface area contributed by atoms with Crippen LogP contribution in [-0.2, 0) is 0 Å². The van der Waals surface area contributed by atoms with Gasteiger partial charge >= 0.3 is 0 Å². The summed E-state index contributed by atoms with van der Waals surface area (Å²) < 4.78 is 12.6. The minimum atomic E-state index is -0.0943. The first-order chi connectivity index (χ1) is 5.04. The standard InChI is InChI=1S/C10H15F/c1-8(2)10(3)6-4-9(11)5-7-10/h4-6,8H,7H2,1-3H3. The minimum Gasteiger partial charge on any atom is -0.207 e. The normalized spacial score (nSPS) is 30.8. The molecular formula is C10H15F. The first-order valence-electron chi connectivity index (χ1n) is 4.09. The van der Waals surface area contributed by atoms with Gasteiger partial charge in [0, 0.05) is 0 Å². The van der Waals surface area contributed by atoms with E-state index in [1.807, 2.05) is 6.08 Å². The van der Waals surface area contributed by atoms with Crippen LogP contribution in [0.5, 0.6) is 0 Å². The lowest BCUT2D eigenvalue weighted by Gasteiger charge is -2.31. The summed E-state index contributed by atoms with van der Waals surface area (Å²) in [6.45, 7) is 6.50. The van der Waals surface area contributed by atoms with Crippen LogP contribution < -0.4 is 0 Å². The van der Waals surface area contributed by atoms with Crippen LogP contribution in [0.3, 0.4) is 0 Å². The highest BCUT2D eigenvalue weighted by atomic mass is 19.1. The zero-order valence-corrected chi connectivity index (χ0v) is 7.39. The first kappa shape index (κ1) is 8.51. The molecule has 1 atom stereocenters. The second kappa shape index (κ2) is 2.80. The molecule has 62 valence electrons. The lowest BCUT2D eigenvalue weighted by molar-refractivity contribution is 0.295. The molecule has 1 heteroatoms. The maximum Gasteiger partial charge on any atom is 0.118 e. The molecule has 0 saturated heterocycles. The van der Waals surface area contributed by atoms with Gasteiger partial charge in [0.15, 0.2) is 0 Å². The molecule has 0 aromatic heterocycles. The van der Waals surface area contributed by atoms with Gasteiger partial charge in [0.2, 0.25) is 0 Å². The Kier molecular flexibility index (Phi) is 2.17. The summed E-state index contributed by atoms with van der Waals surface area (Å²) in [7, 11) is 0. The minimum absolute atomic E-state index is 0.0943. The van der Waals surface area contributed by atoms with Crippen LogP contribution >= 0.6 is 0 Å². The van der Waals surface area contributed by atoms with Crippen molar-refractivity contribution in [2.45, 2.75) is 27.2 Å². The van der Waals surface area contributed by atoms with E-state index in [1.165, 1.54) is 0 Å². The number of rotatable bonds is 1. The van der Waals surface area contributed by atoms with Crippen molar-refractivity contribution in [1.82, 2.24) is 0 Å².